The van der Waals surface area contributed by atoms with Gasteiger partial charge in [0, 0.05) is 22.3 Å². The van der Waals surface area contributed by atoms with Crippen LogP contribution >= 0.6 is 44.8 Å². The molecule has 0 nitrogen and oxygen atoms in total. The summed E-state index contributed by atoms with van der Waals surface area (Å²) >= 11 is 12.3. The molecular weight excluding hydrogens is 351 g/mol. The third-order valence-corrected chi connectivity index (χ3v) is 8.47. The minimum atomic E-state index is 0.596. The predicted molar refractivity (Wildman–Crippen MR) is 111 cm³/mol. The average Bonchev–Trinajstić information content (AvgIpc) is 2.55. The summed E-state index contributed by atoms with van der Waals surface area (Å²) < 4.78 is 0. The lowest BCUT2D eigenvalue weighted by molar-refractivity contribution is 0.607. The van der Waals surface area contributed by atoms with E-state index in [1.54, 1.807) is 0 Å². The summed E-state index contributed by atoms with van der Waals surface area (Å²) in [5.74, 6) is 1.55. The lowest BCUT2D eigenvalue weighted by atomic mass is 10.1. The molecule has 22 heavy (non-hydrogen) atoms. The highest BCUT2D eigenvalue weighted by Crippen LogP contribution is 2.36. The van der Waals surface area contributed by atoms with E-state index in [1.807, 2.05) is 21.6 Å². The van der Waals surface area contributed by atoms with Crippen molar-refractivity contribution in [2.45, 2.75) is 101 Å². The van der Waals surface area contributed by atoms with Gasteiger partial charge in [-0.3, -0.25) is 0 Å². The number of hydrogen-bond acceptors (Lipinski definition) is 2. The second-order valence-corrected chi connectivity index (χ2v) is 9.64. The summed E-state index contributed by atoms with van der Waals surface area (Å²) in [6, 6.07) is 0. The van der Waals surface area contributed by atoms with Crippen LogP contribution in [-0.4, -0.2) is 22.3 Å². The van der Waals surface area contributed by atoms with E-state index in [9.17, 15) is 0 Å². The van der Waals surface area contributed by atoms with Crippen LogP contribution in [0.3, 0.4) is 0 Å². The van der Waals surface area contributed by atoms with Crippen LogP contribution in [0.4, 0.5) is 0 Å². The standard InChI is InChI=1S/C18H36Cl2S2/c1-3-5-7-9-11-13-17(15-19)21-22-18(16-20)14-12-10-8-6-4-2/h17-18H,3-16H2,1-2H3. The van der Waals surface area contributed by atoms with E-state index in [4.69, 9.17) is 23.2 Å². The fraction of sp³-hybridized carbons (Fsp3) is 1.00. The third-order valence-electron chi connectivity index (χ3n) is 3.93. The van der Waals surface area contributed by atoms with Crippen LogP contribution in [0.2, 0.25) is 0 Å². The highest BCUT2D eigenvalue weighted by molar-refractivity contribution is 8.77. The van der Waals surface area contributed by atoms with Gasteiger partial charge in [-0.15, -0.1) is 23.2 Å². The molecule has 0 rings (SSSR count). The van der Waals surface area contributed by atoms with Gasteiger partial charge in [-0.25, -0.2) is 0 Å². The summed E-state index contributed by atoms with van der Waals surface area (Å²) in [7, 11) is 3.97. The van der Waals surface area contributed by atoms with E-state index in [2.05, 4.69) is 13.8 Å². The molecule has 2 unspecified atom stereocenters. The highest BCUT2D eigenvalue weighted by Gasteiger charge is 2.14. The largest absolute Gasteiger partial charge is 0.125 e. The third kappa shape index (κ3) is 14.8. The smallest absolute Gasteiger partial charge is 0.0351 e. The van der Waals surface area contributed by atoms with E-state index in [0.717, 1.165) is 11.8 Å². The maximum atomic E-state index is 6.13. The molecule has 134 valence electrons. The van der Waals surface area contributed by atoms with Crippen molar-refractivity contribution in [1.29, 1.82) is 0 Å². The maximum Gasteiger partial charge on any atom is 0.0351 e. The van der Waals surface area contributed by atoms with E-state index in [-0.39, 0.29) is 0 Å². The predicted octanol–water partition coefficient (Wildman–Crippen LogP) is 8.30. The van der Waals surface area contributed by atoms with Crippen molar-refractivity contribution in [2.75, 3.05) is 11.8 Å². The molecule has 0 aliphatic rings. The van der Waals surface area contributed by atoms with Gasteiger partial charge in [0.2, 0.25) is 0 Å². The van der Waals surface area contributed by atoms with Crippen LogP contribution in [0.25, 0.3) is 0 Å². The molecule has 0 saturated carbocycles. The number of alkyl halides is 2. The minimum absolute atomic E-state index is 0.596. The Kier molecular flexibility index (Phi) is 19.7. The normalized spacial score (nSPS) is 14.2. The molecule has 0 bridgehead atoms. The zero-order valence-electron chi connectivity index (χ0n) is 14.6. The van der Waals surface area contributed by atoms with Gasteiger partial charge in [0.25, 0.3) is 0 Å². The molecule has 0 amide bonds. The summed E-state index contributed by atoms with van der Waals surface area (Å²) in [5, 5.41) is 1.19. The zero-order valence-corrected chi connectivity index (χ0v) is 17.8. The Balaban J connectivity index is 3.68. The number of rotatable bonds is 17. The quantitative estimate of drug-likeness (QED) is 0.140. The minimum Gasteiger partial charge on any atom is -0.125 e. The molecule has 4 heteroatoms. The van der Waals surface area contributed by atoms with Gasteiger partial charge in [0.05, 0.1) is 0 Å². The molecule has 0 aromatic heterocycles. The lowest BCUT2D eigenvalue weighted by Crippen LogP contribution is -2.07. The summed E-state index contributed by atoms with van der Waals surface area (Å²) in [4.78, 5) is 0. The highest BCUT2D eigenvalue weighted by atomic mass is 35.5. The topological polar surface area (TPSA) is 0 Å². The van der Waals surface area contributed by atoms with Crippen LogP contribution in [0, 0.1) is 0 Å². The van der Waals surface area contributed by atoms with Crippen molar-refractivity contribution >= 4 is 44.8 Å². The van der Waals surface area contributed by atoms with Crippen molar-refractivity contribution in [1.82, 2.24) is 0 Å². The molecule has 2 atom stereocenters. The van der Waals surface area contributed by atoms with Gasteiger partial charge in [-0.1, -0.05) is 99.6 Å². The van der Waals surface area contributed by atoms with Crippen LogP contribution in [-0.2, 0) is 0 Å². The van der Waals surface area contributed by atoms with Crippen LogP contribution < -0.4 is 0 Å². The van der Waals surface area contributed by atoms with Crippen molar-refractivity contribution in [3.63, 3.8) is 0 Å². The first kappa shape index (κ1) is 23.3. The van der Waals surface area contributed by atoms with Crippen molar-refractivity contribution in [2.24, 2.45) is 0 Å². The summed E-state index contributed by atoms with van der Waals surface area (Å²) in [6.45, 7) is 4.53. The Morgan fingerprint density at radius 2 is 0.955 bits per heavy atom. The van der Waals surface area contributed by atoms with E-state index in [0.29, 0.717) is 10.5 Å². The average molecular weight is 388 g/mol. The molecule has 0 aliphatic carbocycles. The monoisotopic (exact) mass is 386 g/mol. The Labute approximate surface area is 157 Å². The number of hydrogen-bond donors (Lipinski definition) is 0. The van der Waals surface area contributed by atoms with Crippen molar-refractivity contribution in [3.8, 4) is 0 Å². The van der Waals surface area contributed by atoms with Gasteiger partial charge in [0.1, 0.15) is 0 Å². The van der Waals surface area contributed by atoms with Gasteiger partial charge in [-0.05, 0) is 12.8 Å². The molecule has 0 N–H and O–H groups in total. The second kappa shape index (κ2) is 18.6. The molecular formula is C18H36Cl2S2. The van der Waals surface area contributed by atoms with Gasteiger partial charge in [0.15, 0.2) is 0 Å². The van der Waals surface area contributed by atoms with Gasteiger partial charge in [-0.2, -0.15) is 0 Å². The Hall–Kier alpha value is 1.28. The molecule has 0 aliphatic heterocycles. The maximum absolute atomic E-state index is 6.13. The Morgan fingerprint density at radius 3 is 1.27 bits per heavy atom. The molecule has 0 aromatic rings. The summed E-state index contributed by atoms with van der Waals surface area (Å²) in [5.41, 5.74) is 0. The zero-order chi connectivity index (χ0) is 16.5. The fourth-order valence-electron chi connectivity index (χ4n) is 2.41. The van der Waals surface area contributed by atoms with E-state index >= 15 is 0 Å². The van der Waals surface area contributed by atoms with Gasteiger partial charge < -0.3 is 0 Å². The molecule has 0 heterocycles. The van der Waals surface area contributed by atoms with E-state index in [1.165, 1.54) is 77.0 Å². The second-order valence-electron chi connectivity index (χ2n) is 6.15. The molecule has 0 spiro atoms. The van der Waals surface area contributed by atoms with Crippen LogP contribution in [0.15, 0.2) is 0 Å². The van der Waals surface area contributed by atoms with Crippen LogP contribution in [0.5, 0.6) is 0 Å². The molecule has 0 saturated heterocycles. The number of unbranched alkanes of at least 4 members (excludes halogenated alkanes) is 8. The SMILES string of the molecule is CCCCCCCC(CCl)SSC(CCl)CCCCCCC. The van der Waals surface area contributed by atoms with Crippen molar-refractivity contribution < 1.29 is 0 Å². The van der Waals surface area contributed by atoms with Gasteiger partial charge >= 0.3 is 0 Å². The first-order valence-corrected chi connectivity index (χ1v) is 12.6. The van der Waals surface area contributed by atoms with Crippen LogP contribution in [0.1, 0.15) is 90.9 Å². The molecule has 0 radical (unpaired) electrons. The lowest BCUT2D eigenvalue weighted by Gasteiger charge is -2.17. The summed E-state index contributed by atoms with van der Waals surface area (Å²) in [6.07, 6.45) is 16.0. The Morgan fingerprint density at radius 1 is 0.591 bits per heavy atom. The van der Waals surface area contributed by atoms with Crippen molar-refractivity contribution in [3.05, 3.63) is 0 Å². The number of halogens is 2. The molecule has 0 aromatic carbocycles. The fourth-order valence-corrected chi connectivity index (χ4v) is 6.42. The first-order valence-electron chi connectivity index (χ1n) is 9.22. The molecule has 0 fully saturated rings. The van der Waals surface area contributed by atoms with E-state index < -0.39 is 0 Å². The Bertz CT molecular complexity index is 193. The first-order chi connectivity index (χ1) is 10.8.